The van der Waals surface area contributed by atoms with E-state index >= 15 is 0 Å². The normalized spacial score (nSPS) is 39.7. The van der Waals surface area contributed by atoms with Gasteiger partial charge in [-0.25, -0.2) is 4.89 Å². The van der Waals surface area contributed by atoms with Crippen LogP contribution in [0.25, 0.3) is 0 Å². The van der Waals surface area contributed by atoms with Gasteiger partial charge in [0.05, 0.1) is 6.61 Å². The Balaban J connectivity index is 2.03. The van der Waals surface area contributed by atoms with E-state index in [1.54, 1.807) is 0 Å². The minimum Gasteiger partial charge on any atom is -0.348 e. The van der Waals surface area contributed by atoms with Crippen molar-refractivity contribution in [3.05, 3.63) is 0 Å². The molecular weight excluding hydrogens is 228 g/mol. The summed E-state index contributed by atoms with van der Waals surface area (Å²) in [4.78, 5) is 4.16. The Labute approximate surface area is 101 Å². The topological polar surface area (TPSA) is 66.4 Å². The van der Waals surface area contributed by atoms with E-state index in [9.17, 15) is 0 Å². The molecule has 0 aromatic rings. The predicted octanol–water partition coefficient (Wildman–Crippen LogP) is 1.15. The van der Waals surface area contributed by atoms with Gasteiger partial charge in [-0.1, -0.05) is 0 Å². The number of rotatable bonds is 3. The molecule has 0 aliphatic carbocycles. The molecule has 0 bridgehead atoms. The molecular formula is C11H20O6. The monoisotopic (exact) mass is 248 g/mol. The second-order valence-electron chi connectivity index (χ2n) is 5.30. The fourth-order valence-electron chi connectivity index (χ4n) is 2.26. The van der Waals surface area contributed by atoms with Crippen molar-refractivity contribution in [2.24, 2.45) is 0 Å². The average molecular weight is 248 g/mol. The lowest BCUT2D eigenvalue weighted by Gasteiger charge is -2.23. The summed E-state index contributed by atoms with van der Waals surface area (Å²) >= 11 is 0. The van der Waals surface area contributed by atoms with Crippen molar-refractivity contribution in [2.75, 3.05) is 13.2 Å². The van der Waals surface area contributed by atoms with Gasteiger partial charge in [0.25, 0.3) is 0 Å². The van der Waals surface area contributed by atoms with Gasteiger partial charge < -0.3 is 18.9 Å². The molecule has 2 aliphatic rings. The lowest BCUT2D eigenvalue weighted by atomic mass is 10.1. The van der Waals surface area contributed by atoms with Crippen LogP contribution < -0.4 is 0 Å². The second kappa shape index (κ2) is 4.46. The summed E-state index contributed by atoms with van der Waals surface area (Å²) in [5, 5.41) is 8.55. The zero-order valence-corrected chi connectivity index (χ0v) is 10.6. The summed E-state index contributed by atoms with van der Waals surface area (Å²) < 4.78 is 22.6. The van der Waals surface area contributed by atoms with Crippen LogP contribution in [0.3, 0.4) is 0 Å². The maximum atomic E-state index is 8.55. The Morgan fingerprint density at radius 1 is 1.12 bits per heavy atom. The maximum Gasteiger partial charge on any atom is 0.164 e. The van der Waals surface area contributed by atoms with E-state index in [1.807, 2.05) is 27.7 Å². The van der Waals surface area contributed by atoms with E-state index in [2.05, 4.69) is 4.89 Å². The quantitative estimate of drug-likeness (QED) is 0.597. The van der Waals surface area contributed by atoms with Gasteiger partial charge in [-0.15, -0.1) is 0 Å². The van der Waals surface area contributed by atoms with Crippen molar-refractivity contribution < 1.29 is 29.1 Å². The fraction of sp³-hybridized carbons (Fsp3) is 1.00. The zero-order valence-electron chi connectivity index (χ0n) is 10.6. The molecule has 0 spiro atoms. The van der Waals surface area contributed by atoms with Crippen molar-refractivity contribution in [2.45, 2.75) is 57.6 Å². The summed E-state index contributed by atoms with van der Waals surface area (Å²) in [6, 6.07) is 0. The number of hydrogen-bond donors (Lipinski definition) is 1. The molecule has 2 aliphatic heterocycles. The van der Waals surface area contributed by atoms with E-state index in [4.69, 9.17) is 24.2 Å². The Morgan fingerprint density at radius 2 is 1.82 bits per heavy atom. The van der Waals surface area contributed by atoms with Crippen molar-refractivity contribution in [1.82, 2.24) is 0 Å². The van der Waals surface area contributed by atoms with Crippen LogP contribution in [0.2, 0.25) is 0 Å². The molecule has 1 N–H and O–H groups in total. The predicted molar refractivity (Wildman–Crippen MR) is 57.3 cm³/mol. The average Bonchev–Trinajstić information content (AvgIpc) is 2.67. The van der Waals surface area contributed by atoms with Crippen molar-refractivity contribution in [3.8, 4) is 0 Å². The summed E-state index contributed by atoms with van der Waals surface area (Å²) in [6.45, 7) is 7.83. The van der Waals surface area contributed by atoms with Crippen molar-refractivity contribution in [3.63, 3.8) is 0 Å². The molecule has 2 rings (SSSR count). The molecule has 6 nitrogen and oxygen atoms in total. The van der Waals surface area contributed by atoms with Crippen LogP contribution in [-0.4, -0.2) is 48.4 Å². The Hall–Kier alpha value is -0.240. The molecule has 0 aromatic heterocycles. The molecule has 0 aromatic carbocycles. The lowest BCUT2D eigenvalue weighted by Crippen LogP contribution is -2.40. The highest BCUT2D eigenvalue weighted by atomic mass is 17.1. The van der Waals surface area contributed by atoms with Gasteiger partial charge in [0.2, 0.25) is 0 Å². The molecule has 100 valence electrons. The molecule has 2 saturated heterocycles. The summed E-state index contributed by atoms with van der Waals surface area (Å²) in [5.74, 6) is -1.31. The number of ether oxygens (including phenoxy) is 4. The molecule has 17 heavy (non-hydrogen) atoms. The zero-order chi connectivity index (χ0) is 12.7. The summed E-state index contributed by atoms with van der Waals surface area (Å²) in [5.41, 5.74) is 0. The Morgan fingerprint density at radius 3 is 2.35 bits per heavy atom. The third-order valence-electron chi connectivity index (χ3n) is 2.86. The Kier molecular flexibility index (Phi) is 3.46. The van der Waals surface area contributed by atoms with Gasteiger partial charge in [0.15, 0.2) is 11.6 Å². The van der Waals surface area contributed by atoms with E-state index < -0.39 is 11.6 Å². The van der Waals surface area contributed by atoms with E-state index in [0.29, 0.717) is 6.61 Å². The summed E-state index contributed by atoms with van der Waals surface area (Å²) in [7, 11) is 0. The van der Waals surface area contributed by atoms with Crippen LogP contribution in [0.5, 0.6) is 0 Å². The minimum atomic E-state index is -0.704. The highest BCUT2D eigenvalue weighted by Crippen LogP contribution is 2.35. The van der Waals surface area contributed by atoms with Gasteiger partial charge in [0.1, 0.15) is 24.9 Å². The molecule has 0 saturated carbocycles. The highest BCUT2D eigenvalue weighted by Gasteiger charge is 2.49. The largest absolute Gasteiger partial charge is 0.348 e. The molecule has 2 heterocycles. The molecule has 0 radical (unpaired) electrons. The Bertz CT molecular complexity index is 277. The van der Waals surface area contributed by atoms with E-state index in [1.165, 1.54) is 0 Å². The first-order chi connectivity index (χ1) is 7.83. The fourth-order valence-corrected chi connectivity index (χ4v) is 2.26. The second-order valence-corrected chi connectivity index (χ2v) is 5.30. The van der Waals surface area contributed by atoms with Crippen molar-refractivity contribution in [1.29, 1.82) is 0 Å². The van der Waals surface area contributed by atoms with Crippen LogP contribution in [-0.2, 0) is 23.8 Å². The first-order valence-corrected chi connectivity index (χ1v) is 5.77. The molecule has 6 heteroatoms. The van der Waals surface area contributed by atoms with Crippen molar-refractivity contribution >= 4 is 0 Å². The van der Waals surface area contributed by atoms with Gasteiger partial charge in [-0.05, 0) is 27.7 Å². The van der Waals surface area contributed by atoms with Gasteiger partial charge in [0, 0.05) is 0 Å². The smallest absolute Gasteiger partial charge is 0.164 e. The lowest BCUT2D eigenvalue weighted by molar-refractivity contribution is -0.263. The van der Waals surface area contributed by atoms with Crippen LogP contribution in [0.4, 0.5) is 0 Å². The van der Waals surface area contributed by atoms with Gasteiger partial charge in [-0.2, -0.15) is 0 Å². The maximum absolute atomic E-state index is 8.55. The van der Waals surface area contributed by atoms with Crippen LogP contribution in [0.1, 0.15) is 27.7 Å². The molecule has 3 unspecified atom stereocenters. The van der Waals surface area contributed by atoms with E-state index in [0.717, 1.165) is 0 Å². The summed E-state index contributed by atoms with van der Waals surface area (Å²) in [6.07, 6.45) is -0.886. The standard InChI is InChI=1S/C11H20O6/c1-10(2)13-5-7(15-10)9-8(6-14-12)16-11(3,4)17-9/h7-9,12H,5-6H2,1-4H3. The first kappa shape index (κ1) is 13.2. The van der Waals surface area contributed by atoms with Crippen LogP contribution in [0.15, 0.2) is 0 Å². The third kappa shape index (κ3) is 2.96. The first-order valence-electron chi connectivity index (χ1n) is 5.77. The molecule has 3 atom stereocenters. The highest BCUT2D eigenvalue weighted by molar-refractivity contribution is 4.90. The third-order valence-corrected chi connectivity index (χ3v) is 2.86. The van der Waals surface area contributed by atoms with E-state index in [-0.39, 0.29) is 24.9 Å². The minimum absolute atomic E-state index is 0.0500. The van der Waals surface area contributed by atoms with Crippen LogP contribution >= 0.6 is 0 Å². The van der Waals surface area contributed by atoms with Crippen LogP contribution in [0, 0.1) is 0 Å². The van der Waals surface area contributed by atoms with Gasteiger partial charge in [-0.3, -0.25) is 5.26 Å². The SMILES string of the molecule is CC1(C)OCC(C2OC(C)(C)OC2COO)O1. The molecule has 2 fully saturated rings. The molecule has 0 amide bonds. The van der Waals surface area contributed by atoms with Gasteiger partial charge >= 0.3 is 0 Å². The number of hydrogen-bond acceptors (Lipinski definition) is 6.